The number of nitrogens with zero attached hydrogens (tertiary/aromatic N) is 2. The van der Waals surface area contributed by atoms with Crippen LogP contribution in [0.2, 0.25) is 5.02 Å². The number of benzene rings is 2. The number of fused-ring (bicyclic) bond motifs is 1. The van der Waals surface area contributed by atoms with Gasteiger partial charge in [-0.25, -0.2) is 4.98 Å². The molecular weight excluding hydrogens is 378 g/mol. The van der Waals surface area contributed by atoms with Crippen molar-refractivity contribution in [3.8, 4) is 0 Å². The van der Waals surface area contributed by atoms with Crippen molar-refractivity contribution >= 4 is 44.2 Å². The van der Waals surface area contributed by atoms with Gasteiger partial charge < -0.3 is 4.90 Å². The number of anilines is 1. The van der Waals surface area contributed by atoms with Gasteiger partial charge in [-0.2, -0.15) is 0 Å². The molecule has 1 N–H and O–H groups in total. The van der Waals surface area contributed by atoms with E-state index in [0.29, 0.717) is 17.1 Å². The van der Waals surface area contributed by atoms with Crippen molar-refractivity contribution in [3.05, 3.63) is 58.1 Å². The van der Waals surface area contributed by atoms with Crippen molar-refractivity contribution in [3.63, 3.8) is 0 Å². The van der Waals surface area contributed by atoms with E-state index in [1.807, 2.05) is 12.1 Å². The van der Waals surface area contributed by atoms with E-state index in [0.717, 1.165) is 33.9 Å². The van der Waals surface area contributed by atoms with Crippen LogP contribution in [0.4, 0.5) is 5.13 Å². The lowest BCUT2D eigenvalue weighted by Crippen LogP contribution is -3.05. The van der Waals surface area contributed by atoms with E-state index in [1.54, 1.807) is 28.4 Å². The first-order valence-corrected chi connectivity index (χ1v) is 10.3. The third-order valence-corrected chi connectivity index (χ3v) is 6.09. The van der Waals surface area contributed by atoms with Gasteiger partial charge in [0.05, 0.1) is 41.4 Å². The Balaban J connectivity index is 2.00. The molecule has 0 atom stereocenters. The molecule has 0 fully saturated rings. The van der Waals surface area contributed by atoms with Gasteiger partial charge in [-0.3, -0.25) is 9.69 Å². The largest absolute Gasteiger partial charge is 0.340 e. The quantitative estimate of drug-likeness (QED) is 0.681. The molecule has 3 rings (SSSR count). The van der Waals surface area contributed by atoms with Gasteiger partial charge in [0, 0.05) is 13.0 Å². The number of hydrogen-bond donors (Lipinski definition) is 1. The van der Waals surface area contributed by atoms with Gasteiger partial charge in [-0.15, -0.1) is 0 Å². The Hall–Kier alpha value is -1.95. The van der Waals surface area contributed by atoms with Crippen molar-refractivity contribution in [2.75, 3.05) is 32.1 Å². The number of thiazole rings is 1. The van der Waals surface area contributed by atoms with Crippen molar-refractivity contribution in [1.82, 2.24) is 4.98 Å². The summed E-state index contributed by atoms with van der Waals surface area (Å²) in [7, 11) is 4.23. The number of rotatable bonds is 6. The lowest BCUT2D eigenvalue weighted by molar-refractivity contribution is -0.858. The number of nitrogens with one attached hydrogen (secondary N) is 1. The summed E-state index contributed by atoms with van der Waals surface area (Å²) in [6.07, 6.45) is 0.895. The summed E-state index contributed by atoms with van der Waals surface area (Å²) < 4.78 is 1.10. The zero-order valence-electron chi connectivity index (χ0n) is 16.2. The second-order valence-corrected chi connectivity index (χ2v) is 8.51. The standard InChI is InChI=1S/C21H24ClN3OS/c1-14-10-11-18-19(15(14)2)23-21(27-18)25(13-7-12-24(3)4)20(26)16-8-5-6-9-17(16)22/h5-6,8-11H,7,12-13H2,1-4H3/p+1. The van der Waals surface area contributed by atoms with E-state index in [9.17, 15) is 4.79 Å². The van der Waals surface area contributed by atoms with Crippen LogP contribution in [-0.4, -0.2) is 38.1 Å². The highest BCUT2D eigenvalue weighted by molar-refractivity contribution is 7.22. The Morgan fingerprint density at radius 2 is 1.93 bits per heavy atom. The van der Waals surface area contributed by atoms with Crippen molar-refractivity contribution in [2.45, 2.75) is 20.3 Å². The molecule has 1 aromatic heterocycles. The van der Waals surface area contributed by atoms with Crippen molar-refractivity contribution in [2.24, 2.45) is 0 Å². The molecular formula is C21H25ClN3OS+. The Morgan fingerprint density at radius 3 is 2.63 bits per heavy atom. The molecule has 1 amide bonds. The molecule has 6 heteroatoms. The molecule has 0 radical (unpaired) electrons. The van der Waals surface area contributed by atoms with E-state index in [4.69, 9.17) is 16.6 Å². The molecule has 1 heterocycles. The normalized spacial score (nSPS) is 11.3. The fraction of sp³-hybridized carbons (Fsp3) is 0.333. The minimum atomic E-state index is -0.0946. The minimum Gasteiger partial charge on any atom is -0.340 e. The van der Waals surface area contributed by atoms with Gasteiger partial charge in [0.25, 0.3) is 5.91 Å². The highest BCUT2D eigenvalue weighted by Crippen LogP contribution is 2.33. The maximum Gasteiger partial charge on any atom is 0.261 e. The summed E-state index contributed by atoms with van der Waals surface area (Å²) in [5.41, 5.74) is 3.87. The van der Waals surface area contributed by atoms with Crippen LogP contribution in [0.1, 0.15) is 27.9 Å². The molecule has 4 nitrogen and oxygen atoms in total. The third-order valence-electron chi connectivity index (χ3n) is 4.71. The number of halogens is 1. The molecule has 0 saturated heterocycles. The number of aryl methyl sites for hydroxylation is 2. The number of carbonyl (C=O) groups is 1. The van der Waals surface area contributed by atoms with Crippen LogP contribution >= 0.6 is 22.9 Å². The molecule has 0 spiro atoms. The first-order chi connectivity index (χ1) is 12.9. The number of hydrogen-bond acceptors (Lipinski definition) is 3. The summed E-state index contributed by atoms with van der Waals surface area (Å²) in [4.78, 5) is 21.2. The Kier molecular flexibility index (Phi) is 6.15. The third kappa shape index (κ3) is 4.32. The second kappa shape index (κ2) is 8.38. The second-order valence-electron chi connectivity index (χ2n) is 7.10. The predicted molar refractivity (Wildman–Crippen MR) is 115 cm³/mol. The van der Waals surface area contributed by atoms with Crippen molar-refractivity contribution in [1.29, 1.82) is 0 Å². The van der Waals surface area contributed by atoms with Crippen LogP contribution in [-0.2, 0) is 0 Å². The molecule has 2 aromatic carbocycles. The molecule has 0 aliphatic carbocycles. The van der Waals surface area contributed by atoms with Gasteiger partial charge in [-0.1, -0.05) is 41.1 Å². The Morgan fingerprint density at radius 1 is 1.19 bits per heavy atom. The summed E-state index contributed by atoms with van der Waals surface area (Å²) in [6.45, 7) is 5.76. The smallest absolute Gasteiger partial charge is 0.261 e. The van der Waals surface area contributed by atoms with Gasteiger partial charge >= 0.3 is 0 Å². The highest BCUT2D eigenvalue weighted by atomic mass is 35.5. The lowest BCUT2D eigenvalue weighted by Gasteiger charge is -2.21. The van der Waals surface area contributed by atoms with Crippen LogP contribution in [0.25, 0.3) is 10.2 Å². The average molecular weight is 403 g/mol. The molecule has 3 aromatic rings. The molecule has 0 aliphatic heterocycles. The Bertz CT molecular complexity index is 967. The number of carbonyl (C=O) groups excluding carboxylic acids is 1. The summed E-state index contributed by atoms with van der Waals surface area (Å²) in [5, 5.41) is 1.20. The fourth-order valence-electron chi connectivity index (χ4n) is 2.98. The molecule has 27 heavy (non-hydrogen) atoms. The summed E-state index contributed by atoms with van der Waals surface area (Å²) in [5.74, 6) is -0.0946. The van der Waals surface area contributed by atoms with Crippen LogP contribution in [0.5, 0.6) is 0 Å². The van der Waals surface area contributed by atoms with E-state index in [1.165, 1.54) is 10.5 Å². The molecule has 0 unspecified atom stereocenters. The first kappa shape index (κ1) is 19.8. The topological polar surface area (TPSA) is 37.6 Å². The predicted octanol–water partition coefficient (Wildman–Crippen LogP) is 3.75. The fourth-order valence-corrected chi connectivity index (χ4v) is 4.25. The van der Waals surface area contributed by atoms with E-state index >= 15 is 0 Å². The van der Waals surface area contributed by atoms with E-state index in [2.05, 4.69) is 40.1 Å². The monoisotopic (exact) mass is 402 g/mol. The SMILES string of the molecule is Cc1ccc2sc(N(CCC[NH+](C)C)C(=O)c3ccccc3Cl)nc2c1C. The summed E-state index contributed by atoms with van der Waals surface area (Å²) in [6, 6.07) is 11.4. The first-order valence-electron chi connectivity index (χ1n) is 9.10. The van der Waals surface area contributed by atoms with Crippen LogP contribution in [0, 0.1) is 13.8 Å². The van der Waals surface area contributed by atoms with E-state index in [-0.39, 0.29) is 5.91 Å². The summed E-state index contributed by atoms with van der Waals surface area (Å²) >= 11 is 7.85. The van der Waals surface area contributed by atoms with Gasteiger partial charge in [0.1, 0.15) is 0 Å². The zero-order chi connectivity index (χ0) is 19.6. The highest BCUT2D eigenvalue weighted by Gasteiger charge is 2.23. The zero-order valence-corrected chi connectivity index (χ0v) is 17.7. The van der Waals surface area contributed by atoms with Gasteiger partial charge in [-0.05, 0) is 43.2 Å². The Labute approximate surface area is 169 Å². The van der Waals surface area contributed by atoms with Gasteiger partial charge in [0.2, 0.25) is 0 Å². The molecule has 0 saturated carbocycles. The van der Waals surface area contributed by atoms with E-state index < -0.39 is 0 Å². The average Bonchev–Trinajstić information content (AvgIpc) is 3.06. The minimum absolute atomic E-state index is 0.0946. The van der Waals surface area contributed by atoms with Crippen LogP contribution < -0.4 is 9.80 Å². The number of amides is 1. The van der Waals surface area contributed by atoms with Crippen LogP contribution in [0.3, 0.4) is 0 Å². The van der Waals surface area contributed by atoms with Gasteiger partial charge in [0.15, 0.2) is 5.13 Å². The molecule has 0 bridgehead atoms. The van der Waals surface area contributed by atoms with Crippen molar-refractivity contribution < 1.29 is 9.69 Å². The molecule has 0 aliphatic rings. The van der Waals surface area contributed by atoms with Crippen LogP contribution in [0.15, 0.2) is 36.4 Å². The molecule has 142 valence electrons. The number of quaternary nitrogens is 1. The lowest BCUT2D eigenvalue weighted by atomic mass is 10.1. The maximum atomic E-state index is 13.3. The number of aromatic nitrogens is 1. The maximum absolute atomic E-state index is 13.3.